The quantitative estimate of drug-likeness (QED) is 0.727. The van der Waals surface area contributed by atoms with Crippen LogP contribution in [-0.2, 0) is 10.2 Å². The predicted molar refractivity (Wildman–Crippen MR) is 100 cm³/mol. The van der Waals surface area contributed by atoms with Gasteiger partial charge in [-0.2, -0.15) is 0 Å². The maximum atomic E-state index is 11.9. The third kappa shape index (κ3) is 4.32. The van der Waals surface area contributed by atoms with Crippen LogP contribution < -0.4 is 5.32 Å². The van der Waals surface area contributed by atoms with Crippen molar-refractivity contribution in [2.45, 2.75) is 70.3 Å². The van der Waals surface area contributed by atoms with E-state index >= 15 is 0 Å². The lowest BCUT2D eigenvalue weighted by atomic mass is 9.81. The topological polar surface area (TPSA) is 62.2 Å². The molecular formula is C19H28N2O2S. The molecule has 0 aromatic carbocycles. The average Bonchev–Trinajstić information content (AvgIpc) is 2.60. The van der Waals surface area contributed by atoms with E-state index in [0.717, 1.165) is 18.8 Å². The third-order valence-electron chi connectivity index (χ3n) is 5.21. The van der Waals surface area contributed by atoms with Crippen molar-refractivity contribution < 1.29 is 9.90 Å². The first-order valence-corrected chi connectivity index (χ1v) is 9.35. The van der Waals surface area contributed by atoms with Gasteiger partial charge in [-0.1, -0.05) is 44.5 Å². The number of rotatable bonds is 7. The molecule has 0 radical (unpaired) electrons. The summed E-state index contributed by atoms with van der Waals surface area (Å²) in [7, 11) is 0. The zero-order valence-electron chi connectivity index (χ0n) is 14.6. The van der Waals surface area contributed by atoms with E-state index in [1.807, 2.05) is 0 Å². The standard InChI is InChI=1S/C19H28N2O2S/c1-3-4-7-14-9-11-15(12-10-14)21-17(24)19(2,18(22)23)16-8-5-6-13-20-16/h5-6,8,13-15H,3-4,7,9-12H2,1-2H3,(H,21,24)(H,22,23)/t14-,15-,19?. The van der Waals surface area contributed by atoms with Crippen LogP contribution in [-0.4, -0.2) is 27.1 Å². The van der Waals surface area contributed by atoms with E-state index in [4.69, 9.17) is 12.2 Å². The minimum Gasteiger partial charge on any atom is -0.480 e. The number of carboxylic acid groups (broad SMARTS) is 1. The van der Waals surface area contributed by atoms with Gasteiger partial charge < -0.3 is 10.4 Å². The number of unbranched alkanes of at least 4 members (excludes halogenated alkanes) is 1. The molecule has 5 heteroatoms. The van der Waals surface area contributed by atoms with Crippen LogP contribution in [0.2, 0.25) is 0 Å². The molecule has 1 fully saturated rings. The first-order valence-electron chi connectivity index (χ1n) is 8.94. The number of hydrogen-bond acceptors (Lipinski definition) is 3. The molecule has 0 saturated heterocycles. The van der Waals surface area contributed by atoms with Crippen LogP contribution in [0.25, 0.3) is 0 Å². The van der Waals surface area contributed by atoms with Gasteiger partial charge in [0.25, 0.3) is 0 Å². The molecule has 0 spiro atoms. The maximum absolute atomic E-state index is 11.9. The molecule has 4 nitrogen and oxygen atoms in total. The van der Waals surface area contributed by atoms with Gasteiger partial charge in [0.2, 0.25) is 0 Å². The molecular weight excluding hydrogens is 320 g/mol. The molecule has 24 heavy (non-hydrogen) atoms. The summed E-state index contributed by atoms with van der Waals surface area (Å²) in [6.07, 6.45) is 10.0. The first kappa shape index (κ1) is 18.8. The Kier molecular flexibility index (Phi) is 6.72. The van der Waals surface area contributed by atoms with Gasteiger partial charge in [-0.15, -0.1) is 0 Å². The predicted octanol–water partition coefficient (Wildman–Crippen LogP) is 4.09. The molecule has 1 aliphatic carbocycles. The van der Waals surface area contributed by atoms with Crippen LogP contribution in [0.1, 0.15) is 64.5 Å². The Labute approximate surface area is 150 Å². The van der Waals surface area contributed by atoms with Crippen molar-refractivity contribution in [1.29, 1.82) is 0 Å². The van der Waals surface area contributed by atoms with Gasteiger partial charge in [0, 0.05) is 12.2 Å². The van der Waals surface area contributed by atoms with Crippen molar-refractivity contribution in [1.82, 2.24) is 10.3 Å². The highest BCUT2D eigenvalue weighted by Crippen LogP contribution is 2.30. The molecule has 1 unspecified atom stereocenters. The van der Waals surface area contributed by atoms with E-state index in [2.05, 4.69) is 17.2 Å². The Bertz CT molecular complexity index is 556. The van der Waals surface area contributed by atoms with Crippen LogP contribution in [0.4, 0.5) is 0 Å². The van der Waals surface area contributed by atoms with Gasteiger partial charge in [0.05, 0.1) is 10.7 Å². The summed E-state index contributed by atoms with van der Waals surface area (Å²) in [4.78, 5) is 16.5. The zero-order valence-corrected chi connectivity index (χ0v) is 15.4. The lowest BCUT2D eigenvalue weighted by Gasteiger charge is -2.33. The Balaban J connectivity index is 1.99. The lowest BCUT2D eigenvalue weighted by Crippen LogP contribution is -2.51. The van der Waals surface area contributed by atoms with Crippen molar-refractivity contribution in [3.8, 4) is 0 Å². The summed E-state index contributed by atoms with van der Waals surface area (Å²) in [5, 5.41) is 13.1. The molecule has 2 rings (SSSR count). The Morgan fingerprint density at radius 1 is 1.38 bits per heavy atom. The van der Waals surface area contributed by atoms with Gasteiger partial charge in [0.1, 0.15) is 0 Å². The van der Waals surface area contributed by atoms with Crippen molar-refractivity contribution in [3.63, 3.8) is 0 Å². The number of nitrogens with zero attached hydrogens (tertiary/aromatic N) is 1. The Morgan fingerprint density at radius 2 is 2.08 bits per heavy atom. The van der Waals surface area contributed by atoms with Crippen LogP contribution >= 0.6 is 12.2 Å². The fraction of sp³-hybridized carbons (Fsp3) is 0.632. The van der Waals surface area contributed by atoms with Crippen molar-refractivity contribution in [3.05, 3.63) is 30.1 Å². The van der Waals surface area contributed by atoms with Gasteiger partial charge in [-0.3, -0.25) is 9.78 Å². The van der Waals surface area contributed by atoms with Gasteiger partial charge in [0.15, 0.2) is 5.41 Å². The highest BCUT2D eigenvalue weighted by atomic mass is 32.1. The lowest BCUT2D eigenvalue weighted by molar-refractivity contribution is -0.140. The molecule has 1 aromatic heterocycles. The molecule has 1 atom stereocenters. The molecule has 1 heterocycles. The van der Waals surface area contributed by atoms with E-state index in [0.29, 0.717) is 10.7 Å². The number of thiocarbonyl (C=S) groups is 1. The first-order chi connectivity index (χ1) is 11.5. The van der Waals surface area contributed by atoms with Crippen LogP contribution in [0.15, 0.2) is 24.4 Å². The van der Waals surface area contributed by atoms with E-state index in [1.54, 1.807) is 31.3 Å². The van der Waals surface area contributed by atoms with Gasteiger partial charge in [-0.05, 0) is 50.7 Å². The summed E-state index contributed by atoms with van der Waals surface area (Å²) in [6.45, 7) is 3.87. The number of carboxylic acids is 1. The van der Waals surface area contributed by atoms with E-state index in [-0.39, 0.29) is 6.04 Å². The second-order valence-corrected chi connectivity index (χ2v) is 7.39. The van der Waals surface area contributed by atoms with E-state index < -0.39 is 11.4 Å². The number of pyridine rings is 1. The smallest absolute Gasteiger partial charge is 0.322 e. The van der Waals surface area contributed by atoms with Gasteiger partial charge in [-0.25, -0.2) is 0 Å². The van der Waals surface area contributed by atoms with Crippen LogP contribution in [0.3, 0.4) is 0 Å². The highest BCUT2D eigenvalue weighted by molar-refractivity contribution is 7.80. The fourth-order valence-corrected chi connectivity index (χ4v) is 3.76. The Morgan fingerprint density at radius 3 is 2.62 bits per heavy atom. The highest BCUT2D eigenvalue weighted by Gasteiger charge is 2.42. The second-order valence-electron chi connectivity index (χ2n) is 6.98. The summed E-state index contributed by atoms with van der Waals surface area (Å²) >= 11 is 5.50. The molecule has 0 aliphatic heterocycles. The third-order valence-corrected chi connectivity index (χ3v) is 5.73. The average molecular weight is 349 g/mol. The fourth-order valence-electron chi connectivity index (χ4n) is 3.40. The Hall–Kier alpha value is -1.49. The SMILES string of the molecule is CCCC[C@H]1CC[C@H](NC(=S)C(C)(C(=O)O)c2ccccn2)CC1. The molecule has 132 valence electrons. The monoisotopic (exact) mass is 348 g/mol. The summed E-state index contributed by atoms with van der Waals surface area (Å²) in [6, 6.07) is 5.58. The van der Waals surface area contributed by atoms with E-state index in [9.17, 15) is 9.90 Å². The number of aliphatic carboxylic acids is 1. The molecule has 0 amide bonds. The zero-order chi connectivity index (χ0) is 17.6. The molecule has 1 aromatic rings. The number of carbonyl (C=O) groups is 1. The second kappa shape index (κ2) is 8.56. The maximum Gasteiger partial charge on any atom is 0.322 e. The number of nitrogens with one attached hydrogen (secondary N) is 1. The largest absolute Gasteiger partial charge is 0.480 e. The van der Waals surface area contributed by atoms with Crippen LogP contribution in [0, 0.1) is 5.92 Å². The molecule has 2 N–H and O–H groups in total. The molecule has 0 bridgehead atoms. The number of hydrogen-bond donors (Lipinski definition) is 2. The summed E-state index contributed by atoms with van der Waals surface area (Å²) in [5.74, 6) is -0.145. The van der Waals surface area contributed by atoms with Crippen LogP contribution in [0.5, 0.6) is 0 Å². The minimum absolute atomic E-state index is 0.276. The number of aromatic nitrogens is 1. The van der Waals surface area contributed by atoms with Crippen molar-refractivity contribution >= 4 is 23.2 Å². The van der Waals surface area contributed by atoms with E-state index in [1.165, 1.54) is 32.1 Å². The van der Waals surface area contributed by atoms with Crippen molar-refractivity contribution in [2.75, 3.05) is 0 Å². The normalized spacial score (nSPS) is 23.2. The molecule has 1 aliphatic rings. The summed E-state index contributed by atoms with van der Waals surface area (Å²) in [5.41, 5.74) is -0.804. The van der Waals surface area contributed by atoms with Gasteiger partial charge >= 0.3 is 5.97 Å². The van der Waals surface area contributed by atoms with Crippen molar-refractivity contribution in [2.24, 2.45) is 5.92 Å². The summed E-state index contributed by atoms with van der Waals surface area (Å²) < 4.78 is 0. The minimum atomic E-state index is -1.28. The molecule has 1 saturated carbocycles.